The fraction of sp³-hybridized carbons (Fsp3) is 0.615. The van der Waals surface area contributed by atoms with E-state index in [-0.39, 0.29) is 5.92 Å². The van der Waals surface area contributed by atoms with Crippen LogP contribution in [0.5, 0.6) is 0 Å². The number of aromatic nitrogens is 2. The normalized spacial score (nSPS) is 23.7. The summed E-state index contributed by atoms with van der Waals surface area (Å²) in [5.74, 6) is 0.945. The predicted octanol–water partition coefficient (Wildman–Crippen LogP) is 1.76. The molecule has 2 N–H and O–H groups in total. The minimum absolute atomic E-state index is 0.229. The lowest BCUT2D eigenvalue weighted by molar-refractivity contribution is 0.294. The third kappa shape index (κ3) is 3.25. The quantitative estimate of drug-likeness (QED) is 0.627. The minimum atomic E-state index is 0.229. The van der Waals surface area contributed by atoms with E-state index in [0.717, 1.165) is 31.4 Å². The van der Waals surface area contributed by atoms with Crippen LogP contribution in [-0.2, 0) is 0 Å². The van der Waals surface area contributed by atoms with Gasteiger partial charge in [0.05, 0.1) is 24.0 Å². The Morgan fingerprint density at radius 2 is 2.21 bits per heavy atom. The Hall–Kier alpha value is -2.03. The molecule has 0 amide bonds. The van der Waals surface area contributed by atoms with Crippen LogP contribution in [0.4, 0.5) is 5.69 Å². The summed E-state index contributed by atoms with van der Waals surface area (Å²) in [4.78, 5) is 4.07. The van der Waals surface area contributed by atoms with Crippen molar-refractivity contribution >= 4 is 11.6 Å². The van der Waals surface area contributed by atoms with Crippen LogP contribution in [0.3, 0.4) is 0 Å². The lowest BCUT2D eigenvalue weighted by Crippen LogP contribution is -2.26. The molecule has 0 spiro atoms. The number of guanidine groups is 1. The largest absolute Gasteiger partial charge is 0.359 e. The molecule has 0 radical (unpaired) electrons. The molecule has 0 aliphatic heterocycles. The van der Waals surface area contributed by atoms with Gasteiger partial charge in [-0.1, -0.05) is 0 Å². The summed E-state index contributed by atoms with van der Waals surface area (Å²) in [5, 5.41) is 19.4. The van der Waals surface area contributed by atoms with E-state index in [9.17, 15) is 0 Å². The maximum absolute atomic E-state index is 8.90. The topological polar surface area (TPSA) is 78.0 Å². The Balaban J connectivity index is 1.96. The van der Waals surface area contributed by atoms with Gasteiger partial charge in [-0.25, -0.2) is 0 Å². The second kappa shape index (κ2) is 6.23. The molecule has 1 aliphatic rings. The van der Waals surface area contributed by atoms with E-state index in [1.54, 1.807) is 13.2 Å². The zero-order valence-electron chi connectivity index (χ0n) is 11.4. The van der Waals surface area contributed by atoms with E-state index in [1.165, 1.54) is 0 Å². The molecule has 0 saturated heterocycles. The van der Waals surface area contributed by atoms with Crippen molar-refractivity contribution in [2.45, 2.75) is 31.7 Å². The van der Waals surface area contributed by atoms with Crippen LogP contribution in [-0.4, -0.2) is 29.8 Å². The Kier molecular flexibility index (Phi) is 4.39. The summed E-state index contributed by atoms with van der Waals surface area (Å²) in [7, 11) is 3.55. The molecule has 1 saturated carbocycles. The van der Waals surface area contributed by atoms with Crippen LogP contribution in [0.15, 0.2) is 17.4 Å². The second-order valence-corrected chi connectivity index (χ2v) is 4.79. The maximum atomic E-state index is 8.90. The Morgan fingerprint density at radius 3 is 2.79 bits per heavy atom. The van der Waals surface area contributed by atoms with Gasteiger partial charge in [-0.05, 0) is 25.7 Å². The number of aliphatic imine (C=N–C) groups is 1. The highest BCUT2D eigenvalue weighted by Crippen LogP contribution is 2.31. The molecule has 0 aromatic carbocycles. The lowest BCUT2D eigenvalue weighted by Gasteiger charge is -2.24. The fourth-order valence-electron chi connectivity index (χ4n) is 2.44. The maximum Gasteiger partial charge on any atom is 0.195 e. The molecule has 2 rings (SSSR count). The van der Waals surface area contributed by atoms with E-state index in [4.69, 9.17) is 5.26 Å². The Labute approximate surface area is 113 Å². The van der Waals surface area contributed by atoms with Crippen molar-refractivity contribution < 1.29 is 0 Å². The third-order valence-corrected chi connectivity index (χ3v) is 3.58. The smallest absolute Gasteiger partial charge is 0.195 e. The number of rotatable bonds is 2. The van der Waals surface area contributed by atoms with Crippen LogP contribution in [0.1, 0.15) is 31.7 Å². The van der Waals surface area contributed by atoms with Crippen LogP contribution < -0.4 is 10.6 Å². The molecule has 1 aromatic rings. The van der Waals surface area contributed by atoms with Crippen molar-refractivity contribution in [1.29, 1.82) is 5.26 Å². The summed E-state index contributed by atoms with van der Waals surface area (Å²) >= 11 is 0. The fourth-order valence-corrected chi connectivity index (χ4v) is 2.44. The van der Waals surface area contributed by atoms with Gasteiger partial charge in [0.15, 0.2) is 5.96 Å². The Bertz CT molecular complexity index is 476. The standard InChI is InChI=1S/C13H20N6/c1-15-13(16-2)18-11-8-17-19(9-11)12-5-3-10(7-14)4-6-12/h8-10,12H,3-6H2,1-2H3,(H2,15,16,18)/t10-,12-. The molecule has 1 heterocycles. The van der Waals surface area contributed by atoms with Gasteiger partial charge in [0, 0.05) is 26.2 Å². The average molecular weight is 260 g/mol. The number of anilines is 1. The number of nitrogens with one attached hydrogen (secondary N) is 2. The second-order valence-electron chi connectivity index (χ2n) is 4.79. The van der Waals surface area contributed by atoms with Crippen molar-refractivity contribution in [1.82, 2.24) is 15.1 Å². The highest BCUT2D eigenvalue weighted by Gasteiger charge is 2.22. The van der Waals surface area contributed by atoms with E-state index in [0.29, 0.717) is 12.0 Å². The van der Waals surface area contributed by atoms with Crippen LogP contribution in [0, 0.1) is 17.2 Å². The first-order valence-corrected chi connectivity index (χ1v) is 6.62. The Morgan fingerprint density at radius 1 is 1.47 bits per heavy atom. The number of nitrogens with zero attached hydrogens (tertiary/aromatic N) is 4. The highest BCUT2D eigenvalue weighted by molar-refractivity contribution is 5.93. The molecule has 1 fully saturated rings. The van der Waals surface area contributed by atoms with Crippen molar-refractivity contribution in [3.63, 3.8) is 0 Å². The number of hydrogen-bond donors (Lipinski definition) is 2. The van der Waals surface area contributed by atoms with Crippen molar-refractivity contribution in [2.75, 3.05) is 19.4 Å². The van der Waals surface area contributed by atoms with Gasteiger partial charge < -0.3 is 10.6 Å². The summed E-state index contributed by atoms with van der Waals surface area (Å²) < 4.78 is 2.00. The first-order chi connectivity index (χ1) is 9.26. The van der Waals surface area contributed by atoms with Gasteiger partial charge in [-0.15, -0.1) is 0 Å². The van der Waals surface area contributed by atoms with Gasteiger partial charge in [-0.3, -0.25) is 9.67 Å². The molecule has 0 unspecified atom stereocenters. The van der Waals surface area contributed by atoms with Gasteiger partial charge >= 0.3 is 0 Å². The summed E-state index contributed by atoms with van der Waals surface area (Å²) in [5.41, 5.74) is 0.928. The summed E-state index contributed by atoms with van der Waals surface area (Å²) in [6.07, 6.45) is 7.81. The van der Waals surface area contributed by atoms with Crippen molar-refractivity contribution in [2.24, 2.45) is 10.9 Å². The molecule has 6 nitrogen and oxygen atoms in total. The third-order valence-electron chi connectivity index (χ3n) is 3.58. The van der Waals surface area contributed by atoms with Crippen molar-refractivity contribution in [3.05, 3.63) is 12.4 Å². The van der Waals surface area contributed by atoms with E-state index in [2.05, 4.69) is 26.8 Å². The van der Waals surface area contributed by atoms with Gasteiger partial charge in [0.1, 0.15) is 0 Å². The molecular formula is C13H20N6. The molecule has 6 heteroatoms. The highest BCUT2D eigenvalue weighted by atomic mass is 15.3. The molecule has 1 aliphatic carbocycles. The van der Waals surface area contributed by atoms with Crippen molar-refractivity contribution in [3.8, 4) is 6.07 Å². The first kappa shape index (κ1) is 13.4. The summed E-state index contributed by atoms with van der Waals surface area (Å²) in [6, 6.07) is 2.77. The molecular weight excluding hydrogens is 240 g/mol. The molecule has 19 heavy (non-hydrogen) atoms. The monoisotopic (exact) mass is 260 g/mol. The van der Waals surface area contributed by atoms with Crippen LogP contribution >= 0.6 is 0 Å². The van der Waals surface area contributed by atoms with E-state index < -0.39 is 0 Å². The van der Waals surface area contributed by atoms with Crippen LogP contribution in [0.2, 0.25) is 0 Å². The van der Waals surface area contributed by atoms with Crippen LogP contribution in [0.25, 0.3) is 0 Å². The summed E-state index contributed by atoms with van der Waals surface area (Å²) in [6.45, 7) is 0. The minimum Gasteiger partial charge on any atom is -0.359 e. The van der Waals surface area contributed by atoms with E-state index in [1.807, 2.05) is 17.9 Å². The van der Waals surface area contributed by atoms with Gasteiger partial charge in [0.25, 0.3) is 0 Å². The predicted molar refractivity (Wildman–Crippen MR) is 74.9 cm³/mol. The molecule has 1 aromatic heterocycles. The zero-order valence-corrected chi connectivity index (χ0v) is 11.4. The first-order valence-electron chi connectivity index (χ1n) is 6.62. The van der Waals surface area contributed by atoms with Gasteiger partial charge in [0.2, 0.25) is 0 Å². The average Bonchev–Trinajstić information content (AvgIpc) is 2.93. The lowest BCUT2D eigenvalue weighted by atomic mass is 9.87. The van der Waals surface area contributed by atoms with Gasteiger partial charge in [-0.2, -0.15) is 10.4 Å². The molecule has 102 valence electrons. The van der Waals surface area contributed by atoms with E-state index >= 15 is 0 Å². The zero-order chi connectivity index (χ0) is 13.7. The number of hydrogen-bond acceptors (Lipinski definition) is 3. The molecule has 0 bridgehead atoms. The molecule has 0 atom stereocenters. The number of nitriles is 1. The SMILES string of the molecule is C/N=C(\NC)Nc1cnn([C@H]2CC[C@H](C#N)CC2)c1.